The number of rotatable bonds is 13. The molecule has 0 spiro atoms. The van der Waals surface area contributed by atoms with Crippen molar-refractivity contribution in [1.82, 2.24) is 24.5 Å². The molecular weight excluding hydrogens is 519 g/mol. The second-order valence-electron chi connectivity index (χ2n) is 10.0. The van der Waals surface area contributed by atoms with E-state index in [1.165, 1.54) is 10.8 Å². The van der Waals surface area contributed by atoms with Crippen LogP contribution in [0.3, 0.4) is 0 Å². The minimum absolute atomic E-state index is 0.170. The number of nitrogens with one attached hydrogen (secondary N) is 2. The number of hydrogen-bond donors (Lipinski definition) is 2. The van der Waals surface area contributed by atoms with Crippen molar-refractivity contribution in [1.29, 1.82) is 0 Å². The Balaban J connectivity index is 1.80. The second-order valence-corrected chi connectivity index (χ2v) is 11.9. The summed E-state index contributed by atoms with van der Waals surface area (Å²) in [5.41, 5.74) is -0.736. The molecule has 2 unspecified atom stereocenters. The lowest BCUT2D eigenvalue weighted by Gasteiger charge is -2.38. The van der Waals surface area contributed by atoms with Gasteiger partial charge in [0, 0.05) is 56.2 Å². The van der Waals surface area contributed by atoms with E-state index in [2.05, 4.69) is 52.5 Å². The molecule has 2 N–H and O–H groups in total. The molecule has 0 saturated carbocycles. The number of ether oxygens (including phenoxy) is 1. The van der Waals surface area contributed by atoms with Crippen LogP contribution in [0.15, 0.2) is 40.3 Å². The second kappa shape index (κ2) is 14.5. The predicted molar refractivity (Wildman–Crippen MR) is 150 cm³/mol. The van der Waals surface area contributed by atoms with E-state index in [1.54, 1.807) is 24.5 Å². The van der Waals surface area contributed by atoms with Crippen LogP contribution in [0.25, 0.3) is 4.85 Å². The summed E-state index contributed by atoms with van der Waals surface area (Å²) in [4.78, 5) is 47.8. The highest BCUT2D eigenvalue weighted by atomic mass is 31.2. The standard InChI is InChI=1S/C27H39N6O5P/c1-7-22-23(38-39(14-8-11-28-6)33(18(2)3)19(4)5)15-24(37-22)32-17-21(26(35)31-27(32)36)25(34)30-16-20-9-12-29-13-10-20/h9-10,12-13,17-19,22-24H,7-8,11,14-16H2,1-5H3,(H,30,34)(H,31,35,36)/t22-,23?,24-,39?/m1/s1. The third-order valence-electron chi connectivity index (χ3n) is 6.50. The molecule has 39 heavy (non-hydrogen) atoms. The van der Waals surface area contributed by atoms with Gasteiger partial charge in [0.2, 0.25) is 6.54 Å². The van der Waals surface area contributed by atoms with Gasteiger partial charge in [0.15, 0.2) is 0 Å². The average molecular weight is 559 g/mol. The normalized spacial score (nSPS) is 19.9. The largest absolute Gasteiger partial charge is 0.352 e. The molecule has 3 heterocycles. The SMILES string of the molecule is [C-]#[N+]CCCP(OC1C[C@H](n2cc(C(=O)NCc3ccncc3)c(=O)[nH]c2=O)O[C@@H]1CC)N(C(C)C)C(C)C. The monoisotopic (exact) mass is 558 g/mol. The summed E-state index contributed by atoms with van der Waals surface area (Å²) < 4.78 is 16.6. The van der Waals surface area contributed by atoms with Crippen molar-refractivity contribution in [3.63, 3.8) is 0 Å². The Hall–Kier alpha value is -2.90. The Kier molecular flexibility index (Phi) is 11.4. The van der Waals surface area contributed by atoms with Crippen LogP contribution in [0.5, 0.6) is 0 Å². The molecule has 1 amide bonds. The number of nitrogens with zero attached hydrogens (tertiary/aromatic N) is 4. The first kappa shape index (κ1) is 30.6. The molecule has 4 atom stereocenters. The van der Waals surface area contributed by atoms with Crippen molar-refractivity contribution in [2.24, 2.45) is 0 Å². The number of carbonyl (C=O) groups excluding carboxylic acids is 1. The van der Waals surface area contributed by atoms with E-state index in [0.717, 1.165) is 18.1 Å². The molecular formula is C27H39N6O5P. The zero-order valence-corrected chi connectivity index (χ0v) is 24.2. The van der Waals surface area contributed by atoms with Crippen LogP contribution in [-0.2, 0) is 15.8 Å². The lowest BCUT2D eigenvalue weighted by molar-refractivity contribution is -0.0179. The Morgan fingerprint density at radius 2 is 2.00 bits per heavy atom. The number of hydrogen-bond acceptors (Lipinski definition) is 7. The number of aromatic amines is 1. The Labute approximate surface area is 230 Å². The molecule has 0 radical (unpaired) electrons. The average Bonchev–Trinajstić information content (AvgIpc) is 3.30. The van der Waals surface area contributed by atoms with Gasteiger partial charge in [0.1, 0.15) is 20.1 Å². The van der Waals surface area contributed by atoms with Gasteiger partial charge in [0.25, 0.3) is 11.5 Å². The highest BCUT2D eigenvalue weighted by Gasteiger charge is 2.40. The van der Waals surface area contributed by atoms with Crippen LogP contribution < -0.4 is 16.6 Å². The van der Waals surface area contributed by atoms with Gasteiger partial charge in [-0.2, -0.15) is 0 Å². The van der Waals surface area contributed by atoms with Crippen molar-refractivity contribution in [2.45, 2.75) is 90.9 Å². The van der Waals surface area contributed by atoms with Gasteiger partial charge in [-0.3, -0.25) is 28.8 Å². The van der Waals surface area contributed by atoms with E-state index in [-0.39, 0.29) is 36.4 Å². The topological polar surface area (TPSA) is 123 Å². The Bertz CT molecular complexity index is 1230. The smallest absolute Gasteiger partial charge is 0.330 e. The molecule has 11 nitrogen and oxygen atoms in total. The fourth-order valence-electron chi connectivity index (χ4n) is 4.76. The van der Waals surface area contributed by atoms with Crippen molar-refractivity contribution < 1.29 is 14.1 Å². The Morgan fingerprint density at radius 1 is 1.31 bits per heavy atom. The van der Waals surface area contributed by atoms with Gasteiger partial charge in [-0.1, -0.05) is 6.92 Å². The van der Waals surface area contributed by atoms with Crippen LogP contribution >= 0.6 is 8.30 Å². The van der Waals surface area contributed by atoms with E-state index in [1.807, 2.05) is 6.92 Å². The lowest BCUT2D eigenvalue weighted by Crippen LogP contribution is -2.38. The maximum atomic E-state index is 12.8. The maximum absolute atomic E-state index is 12.8. The minimum atomic E-state index is -1.01. The van der Waals surface area contributed by atoms with Crippen molar-refractivity contribution in [3.05, 3.63) is 74.1 Å². The predicted octanol–water partition coefficient (Wildman–Crippen LogP) is 3.68. The highest BCUT2D eigenvalue weighted by molar-refractivity contribution is 7.50. The van der Waals surface area contributed by atoms with Crippen LogP contribution in [0.2, 0.25) is 0 Å². The quantitative estimate of drug-likeness (QED) is 0.218. The summed E-state index contributed by atoms with van der Waals surface area (Å²) in [6, 6.07) is 4.05. The molecule has 0 aromatic carbocycles. The van der Waals surface area contributed by atoms with Crippen LogP contribution in [-0.4, -0.2) is 62.1 Å². The molecule has 2 aromatic heterocycles. The van der Waals surface area contributed by atoms with E-state index >= 15 is 0 Å². The summed E-state index contributed by atoms with van der Waals surface area (Å²) in [7, 11) is -1.01. The highest BCUT2D eigenvalue weighted by Crippen LogP contribution is 2.49. The fraction of sp³-hybridized carbons (Fsp3) is 0.593. The molecule has 1 aliphatic heterocycles. The third-order valence-corrected chi connectivity index (χ3v) is 9.15. The third kappa shape index (κ3) is 8.05. The van der Waals surface area contributed by atoms with Crippen molar-refractivity contribution in [3.8, 4) is 0 Å². The van der Waals surface area contributed by atoms with Gasteiger partial charge in [-0.05, 0) is 51.8 Å². The minimum Gasteiger partial charge on any atom is -0.352 e. The number of aromatic nitrogens is 3. The number of carbonyl (C=O) groups is 1. The molecule has 0 aliphatic carbocycles. The van der Waals surface area contributed by atoms with Gasteiger partial charge < -0.3 is 19.4 Å². The van der Waals surface area contributed by atoms with Gasteiger partial charge in [-0.25, -0.2) is 11.4 Å². The maximum Gasteiger partial charge on any atom is 0.330 e. The summed E-state index contributed by atoms with van der Waals surface area (Å²) in [5, 5.41) is 2.71. The first-order valence-corrected chi connectivity index (χ1v) is 14.8. The summed E-state index contributed by atoms with van der Waals surface area (Å²) >= 11 is 0. The zero-order chi connectivity index (χ0) is 28.5. The van der Waals surface area contributed by atoms with Crippen LogP contribution in [0.4, 0.5) is 0 Å². The molecule has 1 aliphatic rings. The summed E-state index contributed by atoms with van der Waals surface area (Å²) in [6.45, 7) is 18.4. The zero-order valence-electron chi connectivity index (χ0n) is 23.3. The lowest BCUT2D eigenvalue weighted by atomic mass is 10.1. The molecule has 3 rings (SSSR count). The first-order valence-electron chi connectivity index (χ1n) is 13.4. The van der Waals surface area contributed by atoms with E-state index in [4.69, 9.17) is 15.8 Å². The first-order chi connectivity index (χ1) is 18.7. The summed E-state index contributed by atoms with van der Waals surface area (Å²) in [6.07, 6.45) is 5.87. The molecule has 0 bridgehead atoms. The molecule has 1 fully saturated rings. The molecule has 212 valence electrons. The van der Waals surface area contributed by atoms with Crippen LogP contribution in [0, 0.1) is 6.57 Å². The van der Waals surface area contributed by atoms with Crippen LogP contribution in [0.1, 0.15) is 76.0 Å². The summed E-state index contributed by atoms with van der Waals surface area (Å²) in [5.74, 6) is -0.590. The van der Waals surface area contributed by atoms with Gasteiger partial charge in [-0.15, -0.1) is 0 Å². The number of pyridine rings is 1. The van der Waals surface area contributed by atoms with E-state index in [0.29, 0.717) is 19.4 Å². The number of H-pyrrole nitrogens is 1. The van der Waals surface area contributed by atoms with Crippen molar-refractivity contribution >= 4 is 14.2 Å². The van der Waals surface area contributed by atoms with Gasteiger partial charge in [0.05, 0.1) is 12.2 Å². The van der Waals surface area contributed by atoms with Crippen molar-refractivity contribution in [2.75, 3.05) is 12.7 Å². The number of amides is 1. The van der Waals surface area contributed by atoms with Gasteiger partial charge >= 0.3 is 5.69 Å². The fourth-order valence-corrected chi connectivity index (χ4v) is 7.18. The Morgan fingerprint density at radius 3 is 2.62 bits per heavy atom. The van der Waals surface area contributed by atoms with E-state index in [9.17, 15) is 14.4 Å². The molecule has 12 heteroatoms. The molecule has 2 aromatic rings. The molecule has 1 saturated heterocycles. The van der Waals surface area contributed by atoms with E-state index < -0.39 is 31.7 Å².